The molecule has 1 heterocycles. The van der Waals surface area contributed by atoms with Crippen molar-refractivity contribution in [3.05, 3.63) is 30.1 Å². The van der Waals surface area contributed by atoms with Gasteiger partial charge in [-0.05, 0) is 24.1 Å². The van der Waals surface area contributed by atoms with Gasteiger partial charge in [0, 0.05) is 12.4 Å². The van der Waals surface area contributed by atoms with Crippen LogP contribution in [-0.4, -0.2) is 32.0 Å². The van der Waals surface area contributed by atoms with Gasteiger partial charge in [-0.25, -0.2) is 8.42 Å². The second kappa shape index (κ2) is 6.94. The Morgan fingerprint density at radius 1 is 1.40 bits per heavy atom. The highest BCUT2D eigenvalue weighted by Crippen LogP contribution is 1.92. The van der Waals surface area contributed by atoms with Crippen molar-refractivity contribution in [1.29, 1.82) is 0 Å². The van der Waals surface area contributed by atoms with Crippen LogP contribution in [0.5, 0.6) is 0 Å². The van der Waals surface area contributed by atoms with E-state index in [4.69, 9.17) is 4.84 Å². The van der Waals surface area contributed by atoms with Crippen molar-refractivity contribution in [2.75, 3.05) is 12.4 Å². The van der Waals surface area contributed by atoms with Crippen LogP contribution in [-0.2, 0) is 15.5 Å². The summed E-state index contributed by atoms with van der Waals surface area (Å²) in [6.07, 6.45) is 5.33. The van der Waals surface area contributed by atoms with Gasteiger partial charge in [-0.2, -0.15) is 0 Å². The van der Waals surface area contributed by atoms with E-state index in [1.807, 2.05) is 0 Å². The van der Waals surface area contributed by atoms with Gasteiger partial charge in [0.15, 0.2) is 0 Å². The average Bonchev–Trinajstić information content (AvgIpc) is 2.24. The van der Waals surface area contributed by atoms with Crippen LogP contribution in [0.2, 0.25) is 0 Å². The second-order valence-corrected chi connectivity index (χ2v) is 3.87. The highest BCUT2D eigenvalue weighted by molar-refractivity contribution is 7.72. The molecule has 0 aliphatic heterocycles. The van der Waals surface area contributed by atoms with Crippen LogP contribution in [0.25, 0.3) is 0 Å². The quantitative estimate of drug-likeness (QED) is 0.332. The number of rotatable bonds is 6. The van der Waals surface area contributed by atoms with E-state index in [1.54, 1.807) is 30.7 Å². The SMILES string of the molecule is O=[SH](=O)CCCON=Cc1ccncc1. The van der Waals surface area contributed by atoms with Crippen LogP contribution in [0.15, 0.2) is 29.7 Å². The fraction of sp³-hybridized carbons (Fsp3) is 0.333. The first-order valence-corrected chi connectivity index (χ1v) is 5.82. The molecule has 0 radical (unpaired) electrons. The predicted molar refractivity (Wildman–Crippen MR) is 57.6 cm³/mol. The lowest BCUT2D eigenvalue weighted by atomic mass is 10.3. The Balaban J connectivity index is 2.18. The maximum absolute atomic E-state index is 10.2. The van der Waals surface area contributed by atoms with Crippen molar-refractivity contribution in [3.8, 4) is 0 Å². The molecule has 1 aromatic heterocycles. The third-order valence-corrected chi connectivity index (χ3v) is 2.24. The second-order valence-electron chi connectivity index (χ2n) is 2.76. The van der Waals surface area contributed by atoms with Crippen molar-refractivity contribution < 1.29 is 13.3 Å². The van der Waals surface area contributed by atoms with Crippen molar-refractivity contribution in [2.24, 2.45) is 5.16 Å². The summed E-state index contributed by atoms with van der Waals surface area (Å²) in [4.78, 5) is 8.72. The third-order valence-electron chi connectivity index (χ3n) is 1.56. The summed E-state index contributed by atoms with van der Waals surface area (Å²) in [7, 11) is -2.31. The van der Waals surface area contributed by atoms with Gasteiger partial charge in [0.2, 0.25) is 0 Å². The van der Waals surface area contributed by atoms with Crippen LogP contribution in [0, 0.1) is 0 Å². The van der Waals surface area contributed by atoms with E-state index in [0.29, 0.717) is 13.0 Å². The van der Waals surface area contributed by atoms with E-state index >= 15 is 0 Å². The lowest BCUT2D eigenvalue weighted by molar-refractivity contribution is 0.147. The molecule has 0 spiro atoms. The highest BCUT2D eigenvalue weighted by atomic mass is 32.2. The summed E-state index contributed by atoms with van der Waals surface area (Å²) in [5.74, 6) is 0.139. The largest absolute Gasteiger partial charge is 0.396 e. The van der Waals surface area contributed by atoms with Gasteiger partial charge >= 0.3 is 0 Å². The topological polar surface area (TPSA) is 68.6 Å². The Hall–Kier alpha value is -1.43. The van der Waals surface area contributed by atoms with Crippen LogP contribution in [0.4, 0.5) is 0 Å². The summed E-state index contributed by atoms with van der Waals surface area (Å²) >= 11 is 0. The molecule has 0 N–H and O–H groups in total. The number of hydrogen-bond acceptors (Lipinski definition) is 5. The molecule has 0 atom stereocenters. The number of pyridine rings is 1. The first-order valence-electron chi connectivity index (χ1n) is 4.46. The van der Waals surface area contributed by atoms with E-state index in [-0.39, 0.29) is 5.75 Å². The molecule has 0 amide bonds. The lowest BCUT2D eigenvalue weighted by Crippen LogP contribution is -1.94. The van der Waals surface area contributed by atoms with E-state index in [2.05, 4.69) is 10.1 Å². The molecule has 0 aliphatic carbocycles. The van der Waals surface area contributed by atoms with Crippen molar-refractivity contribution >= 4 is 16.9 Å². The minimum absolute atomic E-state index is 0.139. The third kappa shape index (κ3) is 5.79. The highest BCUT2D eigenvalue weighted by Gasteiger charge is 1.89. The molecule has 5 nitrogen and oxygen atoms in total. The van der Waals surface area contributed by atoms with Gasteiger partial charge < -0.3 is 4.84 Å². The van der Waals surface area contributed by atoms with Gasteiger partial charge in [0.1, 0.15) is 17.3 Å². The molecule has 0 aromatic carbocycles. The fourth-order valence-corrected chi connectivity index (χ4v) is 1.25. The van der Waals surface area contributed by atoms with E-state index in [9.17, 15) is 8.42 Å². The Kier molecular flexibility index (Phi) is 5.39. The zero-order chi connectivity index (χ0) is 10.9. The van der Waals surface area contributed by atoms with Gasteiger partial charge in [-0.3, -0.25) is 4.98 Å². The van der Waals surface area contributed by atoms with Gasteiger partial charge in [0.05, 0.1) is 12.0 Å². The fourth-order valence-electron chi connectivity index (χ4n) is 0.859. The zero-order valence-electron chi connectivity index (χ0n) is 8.07. The van der Waals surface area contributed by atoms with Gasteiger partial charge in [-0.15, -0.1) is 0 Å². The van der Waals surface area contributed by atoms with Crippen LogP contribution in [0.1, 0.15) is 12.0 Å². The monoisotopic (exact) mass is 228 g/mol. The van der Waals surface area contributed by atoms with E-state index in [0.717, 1.165) is 5.56 Å². The first-order chi connectivity index (χ1) is 7.29. The molecule has 0 fully saturated rings. The predicted octanol–water partition coefficient (Wildman–Crippen LogP) is 0.434. The zero-order valence-corrected chi connectivity index (χ0v) is 8.97. The van der Waals surface area contributed by atoms with E-state index < -0.39 is 10.7 Å². The first kappa shape index (κ1) is 11.6. The Labute approximate surface area is 89.7 Å². The minimum Gasteiger partial charge on any atom is -0.396 e. The average molecular weight is 228 g/mol. The van der Waals surface area contributed by atoms with Gasteiger partial charge in [-0.1, -0.05) is 5.16 Å². The van der Waals surface area contributed by atoms with Crippen molar-refractivity contribution in [1.82, 2.24) is 4.98 Å². The number of hydrogen-bond donors (Lipinski definition) is 1. The minimum atomic E-state index is -2.31. The molecule has 15 heavy (non-hydrogen) atoms. The van der Waals surface area contributed by atoms with Crippen LogP contribution >= 0.6 is 0 Å². The summed E-state index contributed by atoms with van der Waals surface area (Å²) in [5, 5.41) is 3.69. The molecule has 0 saturated carbocycles. The molecule has 82 valence electrons. The molecule has 0 unspecified atom stereocenters. The molecular formula is C9H12N2O3S. The van der Waals surface area contributed by atoms with E-state index in [1.165, 1.54) is 0 Å². The number of nitrogens with zero attached hydrogens (tertiary/aromatic N) is 2. The molecule has 6 heteroatoms. The smallest absolute Gasteiger partial charge is 0.140 e. The molecule has 1 rings (SSSR count). The Morgan fingerprint density at radius 3 is 2.80 bits per heavy atom. The molecule has 0 bridgehead atoms. The number of thiol groups is 1. The summed E-state index contributed by atoms with van der Waals surface area (Å²) in [6, 6.07) is 3.59. The van der Waals surface area contributed by atoms with Crippen molar-refractivity contribution in [3.63, 3.8) is 0 Å². The molecule has 1 aromatic rings. The summed E-state index contributed by atoms with van der Waals surface area (Å²) in [6.45, 7) is 0.310. The Morgan fingerprint density at radius 2 is 2.13 bits per heavy atom. The number of oxime groups is 1. The summed E-state index contributed by atoms with van der Waals surface area (Å²) in [5.41, 5.74) is 0.889. The normalized spacial score (nSPS) is 11.0. The van der Waals surface area contributed by atoms with Crippen LogP contribution < -0.4 is 0 Å². The number of aromatic nitrogens is 1. The molecule has 0 saturated heterocycles. The summed E-state index contributed by atoms with van der Waals surface area (Å²) < 4.78 is 20.4. The maximum Gasteiger partial charge on any atom is 0.140 e. The standard InChI is InChI=1S/C9H12N2O3S/c12-15(13)7-1-6-14-11-8-9-2-4-10-5-3-9/h2-5,8,15H,1,6-7H2. The van der Waals surface area contributed by atoms with Crippen LogP contribution in [0.3, 0.4) is 0 Å². The maximum atomic E-state index is 10.2. The molecule has 0 aliphatic rings. The lowest BCUT2D eigenvalue weighted by Gasteiger charge is -1.95. The van der Waals surface area contributed by atoms with Crippen molar-refractivity contribution in [2.45, 2.75) is 6.42 Å². The Bertz CT molecular complexity index is 368. The van der Waals surface area contributed by atoms with Gasteiger partial charge in [0.25, 0.3) is 0 Å². The molecular weight excluding hydrogens is 216 g/mol.